The van der Waals surface area contributed by atoms with Gasteiger partial charge in [-0.1, -0.05) is 50.7 Å². The molecule has 1 heterocycles. The number of amidine groups is 1. The Morgan fingerprint density at radius 3 is 2.40 bits per heavy atom. The summed E-state index contributed by atoms with van der Waals surface area (Å²) in [6.07, 6.45) is 0. The van der Waals surface area contributed by atoms with Crippen LogP contribution >= 0.6 is 50.7 Å². The maximum atomic E-state index is 12.1. The lowest BCUT2D eigenvalue weighted by Crippen LogP contribution is -2.36. The van der Waals surface area contributed by atoms with Gasteiger partial charge < -0.3 is 5.32 Å². The van der Waals surface area contributed by atoms with Gasteiger partial charge in [-0.25, -0.2) is 0 Å². The zero-order chi connectivity index (χ0) is 15.0. The Bertz CT molecular complexity index is 612. The molecule has 2 amide bonds. The number of carbonyl (C=O) groups excluding carboxylic acids is 2. The van der Waals surface area contributed by atoms with Gasteiger partial charge in [-0.2, -0.15) is 5.01 Å². The molecule has 9 heteroatoms. The molecule has 1 aromatic carbocycles. The van der Waals surface area contributed by atoms with E-state index in [4.69, 9.17) is 34.8 Å². The zero-order valence-electron chi connectivity index (χ0n) is 9.95. The lowest BCUT2D eigenvalue weighted by atomic mass is 10.3. The van der Waals surface area contributed by atoms with Crippen LogP contribution in [0.4, 0.5) is 5.69 Å². The molecule has 0 saturated carbocycles. The van der Waals surface area contributed by atoms with Crippen LogP contribution < -0.4 is 10.3 Å². The van der Waals surface area contributed by atoms with Gasteiger partial charge in [0.05, 0.1) is 10.0 Å². The van der Waals surface area contributed by atoms with E-state index >= 15 is 0 Å². The van der Waals surface area contributed by atoms with Crippen LogP contribution in [0.2, 0.25) is 15.1 Å². The molecule has 20 heavy (non-hydrogen) atoms. The van der Waals surface area contributed by atoms with Crippen LogP contribution in [0.3, 0.4) is 0 Å². The van der Waals surface area contributed by atoms with Crippen LogP contribution in [-0.2, 0) is 9.59 Å². The molecular formula is C11H7BrCl3N3O2. The average molecular weight is 399 g/mol. The minimum absolute atomic E-state index is 0.171. The molecule has 106 valence electrons. The van der Waals surface area contributed by atoms with Crippen molar-refractivity contribution in [3.63, 3.8) is 0 Å². The summed E-state index contributed by atoms with van der Waals surface area (Å²) in [5.74, 6) is -0.583. The summed E-state index contributed by atoms with van der Waals surface area (Å²) in [7, 11) is 0. The molecule has 0 radical (unpaired) electrons. The smallest absolute Gasteiger partial charge is 0.269 e. The van der Waals surface area contributed by atoms with Crippen molar-refractivity contribution in [2.24, 2.45) is 5.10 Å². The van der Waals surface area contributed by atoms with Crippen LogP contribution in [0.15, 0.2) is 17.2 Å². The van der Waals surface area contributed by atoms with Crippen LogP contribution in [0, 0.1) is 0 Å². The fourth-order valence-electron chi connectivity index (χ4n) is 1.60. The number of anilines is 1. The lowest BCUT2D eigenvalue weighted by Gasteiger charge is -2.15. The standard InChI is InChI=1S/C11H7BrCl3N3O2/c1-4(19)16-10-8(12)11(20)18(17-10)9-6(14)2-5(13)3-7(9)15/h2-3,8H,1H3,(H,16,17,19). The first kappa shape index (κ1) is 15.6. The second-order valence-electron chi connectivity index (χ2n) is 3.90. The predicted molar refractivity (Wildman–Crippen MR) is 82.9 cm³/mol. The molecule has 0 aromatic heterocycles. The Morgan fingerprint density at radius 2 is 1.90 bits per heavy atom. The third kappa shape index (κ3) is 2.93. The fraction of sp³-hybridized carbons (Fsp3) is 0.182. The summed E-state index contributed by atoms with van der Waals surface area (Å²) >= 11 is 21.1. The Kier molecular flexibility index (Phi) is 4.59. The molecule has 0 saturated heterocycles. The van der Waals surface area contributed by atoms with E-state index in [2.05, 4.69) is 26.3 Å². The van der Waals surface area contributed by atoms with Crippen LogP contribution in [-0.4, -0.2) is 22.5 Å². The summed E-state index contributed by atoms with van der Waals surface area (Å²) in [6, 6.07) is 2.90. The van der Waals surface area contributed by atoms with Crippen molar-refractivity contribution in [1.82, 2.24) is 5.32 Å². The fourth-order valence-corrected chi connectivity index (χ4v) is 2.97. The van der Waals surface area contributed by atoms with E-state index in [0.717, 1.165) is 5.01 Å². The molecule has 1 unspecified atom stereocenters. The first-order valence-electron chi connectivity index (χ1n) is 5.30. The molecule has 1 aliphatic heterocycles. The van der Waals surface area contributed by atoms with E-state index in [1.165, 1.54) is 19.1 Å². The highest BCUT2D eigenvalue weighted by Crippen LogP contribution is 2.38. The number of hydrogen-bond donors (Lipinski definition) is 1. The van der Waals surface area contributed by atoms with E-state index in [9.17, 15) is 9.59 Å². The van der Waals surface area contributed by atoms with Crippen molar-refractivity contribution >= 4 is 74.1 Å². The molecule has 1 aromatic rings. The quantitative estimate of drug-likeness (QED) is 0.737. The van der Waals surface area contributed by atoms with Gasteiger partial charge in [0, 0.05) is 11.9 Å². The first-order valence-corrected chi connectivity index (χ1v) is 7.35. The molecule has 5 nitrogen and oxygen atoms in total. The molecule has 1 atom stereocenters. The number of alkyl halides is 1. The Labute approximate surface area is 138 Å². The van der Waals surface area contributed by atoms with Crippen LogP contribution in [0.1, 0.15) is 6.92 Å². The van der Waals surface area contributed by atoms with Gasteiger partial charge in [-0.15, -0.1) is 5.10 Å². The Hall–Kier alpha value is -0.820. The van der Waals surface area contributed by atoms with Gasteiger partial charge in [-0.05, 0) is 12.1 Å². The van der Waals surface area contributed by atoms with Gasteiger partial charge in [-0.3, -0.25) is 9.59 Å². The highest BCUT2D eigenvalue weighted by atomic mass is 79.9. The monoisotopic (exact) mass is 397 g/mol. The molecule has 2 rings (SSSR count). The van der Waals surface area contributed by atoms with Crippen molar-refractivity contribution in [3.05, 3.63) is 27.2 Å². The van der Waals surface area contributed by atoms with E-state index in [1.807, 2.05) is 0 Å². The van der Waals surface area contributed by atoms with Crippen molar-refractivity contribution in [2.45, 2.75) is 11.8 Å². The molecule has 0 spiro atoms. The van der Waals surface area contributed by atoms with E-state index in [-0.39, 0.29) is 27.5 Å². The molecule has 1 N–H and O–H groups in total. The number of carbonyl (C=O) groups is 2. The highest BCUT2D eigenvalue weighted by Gasteiger charge is 2.37. The molecule has 1 aliphatic rings. The van der Waals surface area contributed by atoms with Gasteiger partial charge in [0.2, 0.25) is 5.91 Å². The van der Waals surface area contributed by atoms with Crippen molar-refractivity contribution in [3.8, 4) is 0 Å². The third-order valence-corrected chi connectivity index (χ3v) is 3.99. The predicted octanol–water partition coefficient (Wildman–Crippen LogP) is 3.21. The van der Waals surface area contributed by atoms with Crippen LogP contribution in [0.5, 0.6) is 0 Å². The number of nitrogens with zero attached hydrogens (tertiary/aromatic N) is 2. The zero-order valence-corrected chi connectivity index (χ0v) is 13.8. The summed E-state index contributed by atoms with van der Waals surface area (Å²) in [6.45, 7) is 1.32. The number of benzene rings is 1. The first-order chi connectivity index (χ1) is 9.31. The average Bonchev–Trinajstić information content (AvgIpc) is 2.56. The summed E-state index contributed by atoms with van der Waals surface area (Å²) < 4.78 is 0. The normalized spacial score (nSPS) is 18.2. The number of amides is 2. The van der Waals surface area contributed by atoms with Crippen molar-refractivity contribution in [2.75, 3.05) is 5.01 Å². The summed E-state index contributed by atoms with van der Waals surface area (Å²) in [5, 5.41) is 8.23. The minimum Gasteiger partial charge on any atom is -0.312 e. The molecule has 0 aliphatic carbocycles. The third-order valence-electron chi connectivity index (χ3n) is 2.37. The van der Waals surface area contributed by atoms with Gasteiger partial charge in [0.15, 0.2) is 10.7 Å². The Morgan fingerprint density at radius 1 is 1.35 bits per heavy atom. The largest absolute Gasteiger partial charge is 0.312 e. The Balaban J connectivity index is 2.46. The number of halogens is 4. The van der Waals surface area contributed by atoms with Gasteiger partial charge in [0.1, 0.15) is 5.69 Å². The van der Waals surface area contributed by atoms with Gasteiger partial charge >= 0.3 is 0 Å². The highest BCUT2D eigenvalue weighted by molar-refractivity contribution is 9.10. The van der Waals surface area contributed by atoms with Crippen molar-refractivity contribution < 1.29 is 9.59 Å². The molecule has 0 bridgehead atoms. The number of nitrogens with one attached hydrogen (secondary N) is 1. The van der Waals surface area contributed by atoms with E-state index in [1.54, 1.807) is 0 Å². The minimum atomic E-state index is -0.769. The SMILES string of the molecule is CC(=O)NC1=NN(c2c(Cl)cc(Cl)cc2Cl)C(=O)C1Br. The second-order valence-corrected chi connectivity index (χ2v) is 6.06. The van der Waals surface area contributed by atoms with Gasteiger partial charge in [0.25, 0.3) is 5.91 Å². The second kappa shape index (κ2) is 5.89. The topological polar surface area (TPSA) is 61.8 Å². The summed E-state index contributed by atoms with van der Waals surface area (Å²) in [4.78, 5) is 22.4. The summed E-state index contributed by atoms with van der Waals surface area (Å²) in [5.41, 5.74) is 0.215. The number of hydrogen-bond acceptors (Lipinski definition) is 3. The number of rotatable bonds is 1. The van der Waals surface area contributed by atoms with E-state index in [0.29, 0.717) is 5.02 Å². The van der Waals surface area contributed by atoms with Crippen LogP contribution in [0.25, 0.3) is 0 Å². The molecular weight excluding hydrogens is 392 g/mol. The maximum absolute atomic E-state index is 12.1. The molecule has 0 fully saturated rings. The van der Waals surface area contributed by atoms with Crippen molar-refractivity contribution in [1.29, 1.82) is 0 Å². The number of hydrazone groups is 1. The maximum Gasteiger partial charge on any atom is 0.269 e. The lowest BCUT2D eigenvalue weighted by molar-refractivity contribution is -0.117. The van der Waals surface area contributed by atoms with E-state index < -0.39 is 10.7 Å².